The van der Waals surface area contributed by atoms with Crippen LogP contribution in [0.4, 0.5) is 4.79 Å². The summed E-state index contributed by atoms with van der Waals surface area (Å²) in [5.74, 6) is 0. The molecule has 0 aliphatic heterocycles. The van der Waals surface area contributed by atoms with Crippen LogP contribution in [0.3, 0.4) is 0 Å². The smallest absolute Gasteiger partial charge is 0.410 e. The molecule has 0 saturated carbocycles. The van der Waals surface area contributed by atoms with Crippen LogP contribution in [0, 0.1) is 0 Å². The largest absolute Gasteiger partial charge is 0.444 e. The molecule has 1 unspecified atom stereocenters. The van der Waals surface area contributed by atoms with Crippen LogP contribution in [0.15, 0.2) is 12.4 Å². The summed E-state index contributed by atoms with van der Waals surface area (Å²) in [5.41, 5.74) is 0.0307. The van der Waals surface area contributed by atoms with Gasteiger partial charge in [0.15, 0.2) is 0 Å². The van der Waals surface area contributed by atoms with E-state index in [2.05, 4.69) is 10.2 Å². The lowest BCUT2D eigenvalue weighted by atomic mass is 10.1. The van der Waals surface area contributed by atoms with Gasteiger partial charge in [0.25, 0.3) is 0 Å². The van der Waals surface area contributed by atoms with Crippen LogP contribution >= 0.6 is 0 Å². The van der Waals surface area contributed by atoms with E-state index in [0.29, 0.717) is 11.8 Å². The second-order valence-corrected chi connectivity index (χ2v) is 4.70. The van der Waals surface area contributed by atoms with Crippen molar-refractivity contribution in [2.75, 3.05) is 7.05 Å². The molecule has 0 spiro atoms. The van der Waals surface area contributed by atoms with Crippen molar-refractivity contribution >= 4 is 12.4 Å². The minimum Gasteiger partial charge on any atom is -0.444 e. The Kier molecular flexibility index (Phi) is 3.88. The molecule has 6 heteroatoms. The van der Waals surface area contributed by atoms with Gasteiger partial charge in [0.2, 0.25) is 0 Å². The first-order valence-electron chi connectivity index (χ1n) is 5.25. The Morgan fingerprint density at radius 1 is 1.59 bits per heavy atom. The van der Waals surface area contributed by atoms with Gasteiger partial charge in [0, 0.05) is 18.8 Å². The van der Waals surface area contributed by atoms with E-state index in [-0.39, 0.29) is 0 Å². The summed E-state index contributed by atoms with van der Waals surface area (Å²) >= 11 is 0. The van der Waals surface area contributed by atoms with E-state index in [4.69, 9.17) is 4.74 Å². The Bertz CT molecular complexity index is 381. The van der Waals surface area contributed by atoms with E-state index >= 15 is 0 Å². The molecule has 1 aromatic rings. The Hall–Kier alpha value is -1.85. The average Bonchev–Trinajstić information content (AvgIpc) is 2.69. The predicted molar refractivity (Wildman–Crippen MR) is 61.4 cm³/mol. The van der Waals surface area contributed by atoms with Crippen molar-refractivity contribution in [2.24, 2.45) is 0 Å². The number of carbonyl (C=O) groups excluding carboxylic acids is 2. The number of nitrogens with one attached hydrogen (secondary N) is 1. The Morgan fingerprint density at radius 2 is 2.24 bits per heavy atom. The fraction of sp³-hybridized carbons (Fsp3) is 0.545. The number of aromatic nitrogens is 2. The monoisotopic (exact) mass is 239 g/mol. The fourth-order valence-electron chi connectivity index (χ4n) is 1.26. The van der Waals surface area contributed by atoms with Crippen molar-refractivity contribution in [3.8, 4) is 0 Å². The summed E-state index contributed by atoms with van der Waals surface area (Å²) in [6.45, 7) is 5.31. The number of hydrogen-bond acceptors (Lipinski definition) is 4. The quantitative estimate of drug-likeness (QED) is 0.811. The van der Waals surface area contributed by atoms with E-state index < -0.39 is 17.7 Å². The number of nitrogens with zero attached hydrogens (tertiary/aromatic N) is 2. The van der Waals surface area contributed by atoms with Gasteiger partial charge in [-0.3, -0.25) is 10.00 Å². The molecule has 94 valence electrons. The molecule has 1 rings (SSSR count). The molecule has 17 heavy (non-hydrogen) atoms. The zero-order valence-corrected chi connectivity index (χ0v) is 10.4. The molecule has 6 nitrogen and oxygen atoms in total. The lowest BCUT2D eigenvalue weighted by molar-refractivity contribution is -0.112. The SMILES string of the molecule is CN(C(=O)OC(C)(C)C)C(C=O)c1cn[nH]c1. The number of hydrogen-bond donors (Lipinski definition) is 1. The number of amides is 1. The third-order valence-corrected chi connectivity index (χ3v) is 2.09. The normalized spacial score (nSPS) is 12.9. The Balaban J connectivity index is 2.77. The van der Waals surface area contributed by atoms with Crippen LogP contribution in [0.1, 0.15) is 32.4 Å². The molecular weight excluding hydrogens is 222 g/mol. The minimum absolute atomic E-state index is 0.546. The van der Waals surface area contributed by atoms with E-state index in [1.165, 1.54) is 18.1 Å². The van der Waals surface area contributed by atoms with Gasteiger partial charge in [-0.05, 0) is 20.8 Å². The highest BCUT2D eigenvalue weighted by molar-refractivity contribution is 5.74. The van der Waals surface area contributed by atoms with Gasteiger partial charge >= 0.3 is 6.09 Å². The Labute approximate surface area is 99.9 Å². The first-order valence-corrected chi connectivity index (χ1v) is 5.25. The maximum Gasteiger partial charge on any atom is 0.410 e. The van der Waals surface area contributed by atoms with Gasteiger partial charge in [0.1, 0.15) is 17.9 Å². The summed E-state index contributed by atoms with van der Waals surface area (Å²) in [4.78, 5) is 24.0. The molecule has 1 atom stereocenters. The molecule has 0 fully saturated rings. The molecule has 0 bridgehead atoms. The van der Waals surface area contributed by atoms with Crippen molar-refractivity contribution < 1.29 is 14.3 Å². The highest BCUT2D eigenvalue weighted by Gasteiger charge is 2.26. The lowest BCUT2D eigenvalue weighted by Gasteiger charge is -2.27. The van der Waals surface area contributed by atoms with E-state index in [1.807, 2.05) is 0 Å². The molecule has 0 aliphatic carbocycles. The standard InChI is InChI=1S/C11H17N3O3/c1-11(2,3)17-10(16)14(4)9(7-15)8-5-12-13-6-8/h5-7,9H,1-4H3,(H,12,13). The fourth-order valence-corrected chi connectivity index (χ4v) is 1.26. The average molecular weight is 239 g/mol. The van der Waals surface area contributed by atoms with Gasteiger partial charge in [0.05, 0.1) is 6.20 Å². The predicted octanol–water partition coefficient (Wildman–Crippen LogP) is 1.52. The van der Waals surface area contributed by atoms with Crippen LogP contribution < -0.4 is 0 Å². The van der Waals surface area contributed by atoms with Crippen molar-refractivity contribution in [3.63, 3.8) is 0 Å². The van der Waals surface area contributed by atoms with Crippen LogP contribution in [0.25, 0.3) is 0 Å². The minimum atomic E-state index is -0.691. The van der Waals surface area contributed by atoms with E-state index in [0.717, 1.165) is 0 Å². The number of carbonyl (C=O) groups is 2. The van der Waals surface area contributed by atoms with Gasteiger partial charge in [-0.1, -0.05) is 0 Å². The molecular formula is C11H17N3O3. The Morgan fingerprint density at radius 3 is 2.65 bits per heavy atom. The third-order valence-electron chi connectivity index (χ3n) is 2.09. The van der Waals surface area contributed by atoms with Gasteiger partial charge in [-0.15, -0.1) is 0 Å². The zero-order valence-electron chi connectivity index (χ0n) is 10.4. The first-order chi connectivity index (χ1) is 7.85. The van der Waals surface area contributed by atoms with Gasteiger partial charge < -0.3 is 9.53 Å². The van der Waals surface area contributed by atoms with Crippen molar-refractivity contribution in [1.82, 2.24) is 15.1 Å². The molecule has 1 aromatic heterocycles. The summed E-state index contributed by atoms with van der Waals surface area (Å²) in [5, 5.41) is 6.34. The lowest BCUT2D eigenvalue weighted by Crippen LogP contribution is -2.37. The van der Waals surface area contributed by atoms with Crippen LogP contribution in [-0.2, 0) is 9.53 Å². The number of H-pyrrole nitrogens is 1. The maximum atomic E-state index is 11.8. The van der Waals surface area contributed by atoms with Crippen molar-refractivity contribution in [3.05, 3.63) is 18.0 Å². The number of aromatic amines is 1. The summed E-state index contributed by atoms with van der Waals surface area (Å²) in [6.07, 6.45) is 3.20. The van der Waals surface area contributed by atoms with Crippen molar-refractivity contribution in [2.45, 2.75) is 32.4 Å². The summed E-state index contributed by atoms with van der Waals surface area (Å²) in [6, 6.07) is -0.691. The molecule has 1 amide bonds. The molecule has 1 heterocycles. The highest BCUT2D eigenvalue weighted by atomic mass is 16.6. The second kappa shape index (κ2) is 4.99. The number of ether oxygens (including phenoxy) is 1. The summed E-state index contributed by atoms with van der Waals surface area (Å²) < 4.78 is 5.18. The van der Waals surface area contributed by atoms with Crippen molar-refractivity contribution in [1.29, 1.82) is 0 Å². The number of aldehydes is 1. The van der Waals surface area contributed by atoms with Crippen LogP contribution in [-0.4, -0.2) is 40.1 Å². The van der Waals surface area contributed by atoms with Gasteiger partial charge in [-0.25, -0.2) is 4.79 Å². The number of rotatable bonds is 3. The van der Waals surface area contributed by atoms with Crippen LogP contribution in [0.5, 0.6) is 0 Å². The van der Waals surface area contributed by atoms with Gasteiger partial charge in [-0.2, -0.15) is 5.10 Å². The maximum absolute atomic E-state index is 11.8. The first kappa shape index (κ1) is 13.2. The molecule has 0 aliphatic rings. The summed E-state index contributed by atoms with van der Waals surface area (Å²) in [7, 11) is 1.51. The third kappa shape index (κ3) is 3.58. The zero-order chi connectivity index (χ0) is 13.1. The van der Waals surface area contributed by atoms with E-state index in [1.54, 1.807) is 27.0 Å². The molecule has 0 aromatic carbocycles. The molecule has 0 radical (unpaired) electrons. The molecule has 0 saturated heterocycles. The second-order valence-electron chi connectivity index (χ2n) is 4.70. The number of likely N-dealkylation sites (N-methyl/N-ethyl adjacent to an activating group) is 1. The van der Waals surface area contributed by atoms with E-state index in [9.17, 15) is 9.59 Å². The topological polar surface area (TPSA) is 75.3 Å². The highest BCUT2D eigenvalue weighted by Crippen LogP contribution is 2.18. The molecule has 1 N–H and O–H groups in total. The van der Waals surface area contributed by atoms with Crippen LogP contribution in [0.2, 0.25) is 0 Å².